The van der Waals surface area contributed by atoms with Crippen LogP contribution in [0.25, 0.3) is 55.5 Å². The van der Waals surface area contributed by atoms with Gasteiger partial charge in [0.05, 0.1) is 11.7 Å². The van der Waals surface area contributed by atoms with E-state index in [-0.39, 0.29) is 11.6 Å². The van der Waals surface area contributed by atoms with Gasteiger partial charge in [-0.3, -0.25) is 0 Å². The van der Waals surface area contributed by atoms with E-state index in [9.17, 15) is 5.11 Å². The Morgan fingerprint density at radius 3 is 1.24 bits per heavy atom. The first kappa shape index (κ1) is 36.4. The largest absolute Gasteiger partial charge is 0.507 e. The third-order valence-corrected chi connectivity index (χ3v) is 9.84. The summed E-state index contributed by atoms with van der Waals surface area (Å²) in [7, 11) is 0. The predicted molar refractivity (Wildman–Crippen MR) is 215 cm³/mol. The van der Waals surface area contributed by atoms with Gasteiger partial charge in [0.15, 0.2) is 0 Å². The second kappa shape index (κ2) is 15.5. The van der Waals surface area contributed by atoms with Crippen LogP contribution in [0.1, 0.15) is 77.6 Å². The Kier molecular flexibility index (Phi) is 11.1. The fraction of sp³-hybridized carbons (Fsp3) is 0.348. The van der Waals surface area contributed by atoms with E-state index in [1.807, 2.05) is 36.4 Å². The van der Waals surface area contributed by atoms with Gasteiger partial charge in [0.2, 0.25) is 0 Å². The van der Waals surface area contributed by atoms with Gasteiger partial charge in [0.25, 0.3) is 0 Å². The molecule has 5 heteroatoms. The standard InChI is InChI=1S/C46H51FN2OS/c1-27(2)15-31-19-32(16-28(3)4)22-37(21-31)35-9-11-39(43(47)25-35)41-13-14-42(46-45(41)48-51-49-46)40-12-10-36(26-44(40)50)38-23-33(17-29(5)6)20-34(24-38)18-30(7)8/h9-14,19-30,50H,15-18H2,1-8H3. The molecule has 5 aromatic carbocycles. The van der Waals surface area contributed by atoms with E-state index in [2.05, 4.69) is 107 Å². The highest BCUT2D eigenvalue weighted by Crippen LogP contribution is 2.41. The van der Waals surface area contributed by atoms with E-state index in [0.29, 0.717) is 51.4 Å². The van der Waals surface area contributed by atoms with Crippen molar-refractivity contribution >= 4 is 22.8 Å². The fourth-order valence-corrected chi connectivity index (χ4v) is 7.94. The molecule has 0 saturated heterocycles. The Morgan fingerprint density at radius 1 is 0.471 bits per heavy atom. The zero-order valence-electron chi connectivity index (χ0n) is 31.3. The van der Waals surface area contributed by atoms with Crippen molar-refractivity contribution in [3.05, 3.63) is 113 Å². The van der Waals surface area contributed by atoms with E-state index in [1.54, 1.807) is 6.07 Å². The van der Waals surface area contributed by atoms with Crippen LogP contribution in [0.4, 0.5) is 4.39 Å². The Bertz CT molecular complexity index is 1950. The summed E-state index contributed by atoms with van der Waals surface area (Å²) in [5.41, 5.74) is 13.2. The molecule has 3 nitrogen and oxygen atoms in total. The number of nitrogens with zero attached hydrogens (tertiary/aromatic N) is 2. The van der Waals surface area contributed by atoms with Crippen LogP contribution in [0.15, 0.2) is 84.9 Å². The van der Waals surface area contributed by atoms with Crippen molar-refractivity contribution in [2.75, 3.05) is 0 Å². The summed E-state index contributed by atoms with van der Waals surface area (Å²) in [5.74, 6) is 2.08. The summed E-state index contributed by atoms with van der Waals surface area (Å²) < 4.78 is 25.3. The van der Waals surface area contributed by atoms with Crippen molar-refractivity contribution in [2.45, 2.75) is 81.1 Å². The van der Waals surface area contributed by atoms with Gasteiger partial charge in [0.1, 0.15) is 22.6 Å². The van der Waals surface area contributed by atoms with Crippen LogP contribution in [0.2, 0.25) is 0 Å². The van der Waals surface area contributed by atoms with E-state index in [1.165, 1.54) is 22.3 Å². The zero-order chi connectivity index (χ0) is 36.4. The van der Waals surface area contributed by atoms with E-state index in [4.69, 9.17) is 0 Å². The molecule has 6 rings (SSSR count). The van der Waals surface area contributed by atoms with Crippen LogP contribution in [0.5, 0.6) is 5.75 Å². The van der Waals surface area contributed by atoms with E-state index >= 15 is 4.39 Å². The first-order valence-electron chi connectivity index (χ1n) is 18.5. The van der Waals surface area contributed by atoms with Gasteiger partial charge in [-0.15, -0.1) is 0 Å². The fourth-order valence-electron chi connectivity index (χ4n) is 7.37. The lowest BCUT2D eigenvalue weighted by atomic mass is 9.90. The minimum atomic E-state index is -0.294. The van der Waals surface area contributed by atoms with Gasteiger partial charge in [-0.1, -0.05) is 122 Å². The highest BCUT2D eigenvalue weighted by atomic mass is 32.1. The number of phenols is 1. The normalized spacial score (nSPS) is 11.9. The lowest BCUT2D eigenvalue weighted by Gasteiger charge is -2.15. The number of hydrogen-bond donors (Lipinski definition) is 1. The topological polar surface area (TPSA) is 46.0 Å². The zero-order valence-corrected chi connectivity index (χ0v) is 32.2. The van der Waals surface area contributed by atoms with Crippen molar-refractivity contribution in [1.29, 1.82) is 0 Å². The van der Waals surface area contributed by atoms with Gasteiger partial charge in [0, 0.05) is 22.3 Å². The summed E-state index contributed by atoms with van der Waals surface area (Å²) in [4.78, 5) is 0. The minimum Gasteiger partial charge on any atom is -0.507 e. The van der Waals surface area contributed by atoms with Crippen LogP contribution in [0.3, 0.4) is 0 Å². The van der Waals surface area contributed by atoms with Crippen LogP contribution < -0.4 is 0 Å². The monoisotopic (exact) mass is 698 g/mol. The number of halogens is 1. The number of benzene rings is 5. The van der Waals surface area contributed by atoms with Crippen LogP contribution in [0, 0.1) is 29.5 Å². The van der Waals surface area contributed by atoms with Gasteiger partial charge in [-0.05, 0) is 112 Å². The lowest BCUT2D eigenvalue weighted by molar-refractivity contribution is 0.477. The van der Waals surface area contributed by atoms with Crippen molar-refractivity contribution in [2.24, 2.45) is 23.7 Å². The maximum Gasteiger partial charge on any atom is 0.131 e. The molecule has 0 aliphatic rings. The number of aromatic hydroxyl groups is 1. The molecule has 0 atom stereocenters. The smallest absolute Gasteiger partial charge is 0.131 e. The van der Waals surface area contributed by atoms with Crippen LogP contribution >= 0.6 is 11.7 Å². The molecule has 0 bridgehead atoms. The molecule has 0 aliphatic carbocycles. The molecule has 1 aromatic heterocycles. The maximum atomic E-state index is 16.1. The SMILES string of the molecule is CC(C)Cc1cc(CC(C)C)cc(-c2ccc(-c3ccc(-c4ccc(-c5cc(CC(C)C)cc(CC(C)C)c5)cc4F)c4nsnc34)c(O)c2)c1. The molecular weight excluding hydrogens is 648 g/mol. The summed E-state index contributed by atoms with van der Waals surface area (Å²) >= 11 is 1.10. The van der Waals surface area contributed by atoms with Crippen molar-refractivity contribution in [3.63, 3.8) is 0 Å². The first-order chi connectivity index (χ1) is 24.3. The molecule has 1 heterocycles. The quantitative estimate of drug-likeness (QED) is 0.138. The lowest BCUT2D eigenvalue weighted by Crippen LogP contribution is -2.00. The van der Waals surface area contributed by atoms with Crippen molar-refractivity contribution < 1.29 is 9.50 Å². The average molecular weight is 699 g/mol. The third kappa shape index (κ3) is 8.59. The minimum absolute atomic E-state index is 0.182. The summed E-state index contributed by atoms with van der Waals surface area (Å²) in [6.07, 6.45) is 4.00. The molecule has 0 aliphatic heterocycles. The molecular formula is C46H51FN2OS. The molecule has 0 spiro atoms. The van der Waals surface area contributed by atoms with Gasteiger partial charge in [-0.2, -0.15) is 8.75 Å². The number of rotatable bonds is 12. The highest BCUT2D eigenvalue weighted by Gasteiger charge is 2.19. The molecule has 0 amide bonds. The number of hydrogen-bond acceptors (Lipinski definition) is 4. The highest BCUT2D eigenvalue weighted by molar-refractivity contribution is 7.00. The second-order valence-electron chi connectivity index (χ2n) is 16.0. The average Bonchev–Trinajstić information content (AvgIpc) is 3.54. The van der Waals surface area contributed by atoms with Gasteiger partial charge >= 0.3 is 0 Å². The van der Waals surface area contributed by atoms with E-state index < -0.39 is 0 Å². The molecule has 1 N–H and O–H groups in total. The number of aromatic nitrogens is 2. The Labute approximate surface area is 308 Å². The predicted octanol–water partition coefficient (Wildman–Crippen LogP) is 13.0. The Morgan fingerprint density at radius 2 is 0.843 bits per heavy atom. The Balaban J connectivity index is 1.34. The first-order valence-corrected chi connectivity index (χ1v) is 19.2. The summed E-state index contributed by atoms with van der Waals surface area (Å²) in [6, 6.07) is 28.8. The molecule has 0 saturated carbocycles. The number of phenolic OH excluding ortho intramolecular Hbond substituents is 1. The molecule has 6 aromatic rings. The molecule has 0 radical (unpaired) electrons. The summed E-state index contributed by atoms with van der Waals surface area (Å²) in [5, 5.41) is 11.4. The van der Waals surface area contributed by atoms with Crippen LogP contribution in [-0.2, 0) is 25.7 Å². The molecule has 51 heavy (non-hydrogen) atoms. The van der Waals surface area contributed by atoms with E-state index in [0.717, 1.165) is 65.2 Å². The molecule has 0 fully saturated rings. The second-order valence-corrected chi connectivity index (χ2v) is 16.5. The van der Waals surface area contributed by atoms with Crippen LogP contribution in [-0.4, -0.2) is 13.9 Å². The molecule has 264 valence electrons. The van der Waals surface area contributed by atoms with Crippen molar-refractivity contribution in [1.82, 2.24) is 8.75 Å². The summed E-state index contributed by atoms with van der Waals surface area (Å²) in [6.45, 7) is 17.9. The van der Waals surface area contributed by atoms with Crippen molar-refractivity contribution in [3.8, 4) is 50.3 Å². The number of fused-ring (bicyclic) bond motifs is 1. The molecule has 0 unspecified atom stereocenters. The third-order valence-electron chi connectivity index (χ3n) is 9.31. The van der Waals surface area contributed by atoms with Gasteiger partial charge < -0.3 is 5.11 Å². The van der Waals surface area contributed by atoms with Gasteiger partial charge in [-0.25, -0.2) is 4.39 Å². The Hall–Kier alpha value is -4.35. The maximum absolute atomic E-state index is 16.1.